The third-order valence-corrected chi connectivity index (χ3v) is 0.861. The van der Waals surface area contributed by atoms with E-state index in [2.05, 4.69) is 11.8 Å². The van der Waals surface area contributed by atoms with Crippen LogP contribution in [0.1, 0.15) is 20.8 Å². The molecule has 0 N–H and O–H groups in total. The normalized spacial score (nSPS) is 11.2. The molecule has 0 saturated heterocycles. The van der Waals surface area contributed by atoms with Gasteiger partial charge in [-0.05, 0) is 26.3 Å². The molecule has 0 aromatic carbocycles. The van der Waals surface area contributed by atoms with Gasteiger partial charge in [0.2, 0.25) is 0 Å². The van der Waals surface area contributed by atoms with Crippen molar-refractivity contribution < 1.29 is 0 Å². The van der Waals surface area contributed by atoms with Gasteiger partial charge in [0.25, 0.3) is 0 Å². The minimum absolute atomic E-state index is 1.11. The summed E-state index contributed by atoms with van der Waals surface area (Å²) in [5.74, 6) is 5.76. The van der Waals surface area contributed by atoms with Crippen LogP contribution in [-0.4, -0.2) is 0 Å². The van der Waals surface area contributed by atoms with Gasteiger partial charge in [0, 0.05) is 0 Å². The first-order valence-corrected chi connectivity index (χ1v) is 3.03. The largest absolute Gasteiger partial charge is 0.102 e. The summed E-state index contributed by atoms with van der Waals surface area (Å²) in [5, 5.41) is 0. The van der Waals surface area contributed by atoms with E-state index in [9.17, 15) is 0 Å². The highest BCUT2D eigenvalue weighted by Gasteiger charge is 1.72. The van der Waals surface area contributed by atoms with E-state index in [1.54, 1.807) is 0 Å². The summed E-state index contributed by atoms with van der Waals surface area (Å²) in [7, 11) is 0. The SMILES string of the molecule is CC#C/C(C)=C\C=C/C. The molecule has 0 bridgehead atoms. The molecule has 9 heavy (non-hydrogen) atoms. The van der Waals surface area contributed by atoms with Gasteiger partial charge in [-0.1, -0.05) is 24.1 Å². The highest BCUT2D eigenvalue weighted by atomic mass is 13.8. The van der Waals surface area contributed by atoms with Crippen molar-refractivity contribution in [3.8, 4) is 11.8 Å². The zero-order valence-corrected chi connectivity index (χ0v) is 6.23. The summed E-state index contributed by atoms with van der Waals surface area (Å²) in [6.45, 7) is 5.83. The molecule has 0 atom stereocenters. The zero-order chi connectivity index (χ0) is 7.11. The van der Waals surface area contributed by atoms with Gasteiger partial charge in [0.1, 0.15) is 0 Å². The molecule has 0 aliphatic carbocycles. The van der Waals surface area contributed by atoms with Crippen LogP contribution in [0, 0.1) is 11.8 Å². The van der Waals surface area contributed by atoms with Crippen LogP contribution in [0.4, 0.5) is 0 Å². The smallest absolute Gasteiger partial charge is 0.00110 e. The summed E-state index contributed by atoms with van der Waals surface area (Å²) < 4.78 is 0. The maximum Gasteiger partial charge on any atom is -0.00110 e. The molecule has 0 saturated carbocycles. The molecule has 0 aromatic rings. The lowest BCUT2D eigenvalue weighted by molar-refractivity contribution is 1.56. The summed E-state index contributed by atoms with van der Waals surface area (Å²) in [4.78, 5) is 0. The monoisotopic (exact) mass is 120 g/mol. The van der Waals surface area contributed by atoms with Crippen molar-refractivity contribution >= 4 is 0 Å². The molecule has 0 radical (unpaired) electrons. The molecule has 0 heterocycles. The molecule has 0 aromatic heterocycles. The Morgan fingerprint density at radius 1 is 1.44 bits per heavy atom. The fraction of sp³-hybridized carbons (Fsp3) is 0.333. The summed E-state index contributed by atoms with van der Waals surface area (Å²) >= 11 is 0. The van der Waals surface area contributed by atoms with Gasteiger partial charge in [0.15, 0.2) is 0 Å². The Morgan fingerprint density at radius 3 is 2.56 bits per heavy atom. The van der Waals surface area contributed by atoms with E-state index in [0.717, 1.165) is 5.57 Å². The Bertz CT molecular complexity index is 172. The van der Waals surface area contributed by atoms with Crippen molar-refractivity contribution in [2.45, 2.75) is 20.8 Å². The highest BCUT2D eigenvalue weighted by molar-refractivity contribution is 5.28. The molecular weight excluding hydrogens is 108 g/mol. The van der Waals surface area contributed by atoms with Crippen LogP contribution in [0.5, 0.6) is 0 Å². The molecule has 0 spiro atoms. The first-order chi connectivity index (χ1) is 4.31. The van der Waals surface area contributed by atoms with Gasteiger partial charge >= 0.3 is 0 Å². The Hall–Kier alpha value is -0.960. The second-order valence-electron chi connectivity index (χ2n) is 1.75. The van der Waals surface area contributed by atoms with E-state index in [1.807, 2.05) is 39.0 Å². The molecule has 0 amide bonds. The summed E-state index contributed by atoms with van der Waals surface area (Å²) in [6, 6.07) is 0. The summed E-state index contributed by atoms with van der Waals surface area (Å²) in [5.41, 5.74) is 1.11. The molecule has 48 valence electrons. The average molecular weight is 120 g/mol. The third kappa shape index (κ3) is 4.90. The van der Waals surface area contributed by atoms with E-state index in [-0.39, 0.29) is 0 Å². The van der Waals surface area contributed by atoms with Crippen molar-refractivity contribution in [3.05, 3.63) is 23.8 Å². The maximum atomic E-state index is 2.94. The second kappa shape index (κ2) is 5.18. The van der Waals surface area contributed by atoms with Gasteiger partial charge < -0.3 is 0 Å². The molecule has 0 aliphatic heterocycles. The standard InChI is InChI=1S/C9H12/c1-4-6-8-9(3)7-5-2/h4,6,8H,1-3H3/b6-4-,9-8-. The second-order valence-corrected chi connectivity index (χ2v) is 1.75. The zero-order valence-electron chi connectivity index (χ0n) is 6.23. The molecule has 0 heteroatoms. The molecule has 0 unspecified atom stereocenters. The van der Waals surface area contributed by atoms with Crippen LogP contribution >= 0.6 is 0 Å². The first-order valence-electron chi connectivity index (χ1n) is 3.03. The fourth-order valence-corrected chi connectivity index (χ4v) is 0.479. The lowest BCUT2D eigenvalue weighted by atomic mass is 10.3. The maximum absolute atomic E-state index is 2.94. The van der Waals surface area contributed by atoms with E-state index in [4.69, 9.17) is 0 Å². The van der Waals surface area contributed by atoms with Gasteiger partial charge in [0.05, 0.1) is 0 Å². The highest BCUT2D eigenvalue weighted by Crippen LogP contribution is 1.88. The van der Waals surface area contributed by atoms with Crippen molar-refractivity contribution in [2.24, 2.45) is 0 Å². The van der Waals surface area contributed by atoms with Crippen molar-refractivity contribution in [2.75, 3.05) is 0 Å². The van der Waals surface area contributed by atoms with E-state index in [1.165, 1.54) is 0 Å². The van der Waals surface area contributed by atoms with Gasteiger partial charge in [-0.25, -0.2) is 0 Å². The number of allylic oxidation sites excluding steroid dienone is 4. The number of hydrogen-bond donors (Lipinski definition) is 0. The van der Waals surface area contributed by atoms with E-state index >= 15 is 0 Å². The number of rotatable bonds is 1. The average Bonchev–Trinajstić information content (AvgIpc) is 1.85. The van der Waals surface area contributed by atoms with Crippen molar-refractivity contribution in [1.82, 2.24) is 0 Å². The van der Waals surface area contributed by atoms with Gasteiger partial charge in [-0.15, -0.1) is 5.92 Å². The van der Waals surface area contributed by atoms with Crippen molar-refractivity contribution in [3.63, 3.8) is 0 Å². The minimum atomic E-state index is 1.11. The predicted octanol–water partition coefficient (Wildman–Crippen LogP) is 2.53. The topological polar surface area (TPSA) is 0 Å². The fourth-order valence-electron chi connectivity index (χ4n) is 0.479. The predicted molar refractivity (Wildman–Crippen MR) is 42.0 cm³/mol. The molecule has 0 rings (SSSR count). The lowest BCUT2D eigenvalue weighted by Crippen LogP contribution is -1.63. The molecule has 0 nitrogen and oxygen atoms in total. The Balaban J connectivity index is 3.94. The third-order valence-electron chi connectivity index (χ3n) is 0.861. The quantitative estimate of drug-likeness (QED) is 0.368. The van der Waals surface area contributed by atoms with E-state index < -0.39 is 0 Å². The van der Waals surface area contributed by atoms with Crippen LogP contribution in [0.2, 0.25) is 0 Å². The van der Waals surface area contributed by atoms with Gasteiger partial charge in [-0.3, -0.25) is 0 Å². The van der Waals surface area contributed by atoms with E-state index in [0.29, 0.717) is 0 Å². The Labute approximate surface area is 57.3 Å². The van der Waals surface area contributed by atoms with Crippen LogP contribution in [-0.2, 0) is 0 Å². The lowest BCUT2D eigenvalue weighted by Gasteiger charge is -1.79. The Kier molecular flexibility index (Phi) is 4.63. The molecular formula is C9H12. The minimum Gasteiger partial charge on any atom is -0.102 e. The van der Waals surface area contributed by atoms with Crippen molar-refractivity contribution in [1.29, 1.82) is 0 Å². The van der Waals surface area contributed by atoms with Gasteiger partial charge in [-0.2, -0.15) is 0 Å². The van der Waals surface area contributed by atoms with Crippen LogP contribution < -0.4 is 0 Å². The Morgan fingerprint density at radius 2 is 2.11 bits per heavy atom. The van der Waals surface area contributed by atoms with Crippen LogP contribution in [0.15, 0.2) is 23.8 Å². The summed E-state index contributed by atoms with van der Waals surface area (Å²) in [6.07, 6.45) is 5.97. The molecule has 0 fully saturated rings. The van der Waals surface area contributed by atoms with Crippen LogP contribution in [0.25, 0.3) is 0 Å². The molecule has 0 aliphatic rings. The van der Waals surface area contributed by atoms with Crippen LogP contribution in [0.3, 0.4) is 0 Å². The number of hydrogen-bond acceptors (Lipinski definition) is 0. The first kappa shape index (κ1) is 8.04.